The zero-order valence-corrected chi connectivity index (χ0v) is 31.6. The summed E-state index contributed by atoms with van der Waals surface area (Å²) in [6, 6.07) is 65.5. The third-order valence-electron chi connectivity index (χ3n) is 11.0. The van der Waals surface area contributed by atoms with Gasteiger partial charge in [0, 0.05) is 22.3 Å². The molecule has 0 aliphatic rings. The summed E-state index contributed by atoms with van der Waals surface area (Å²) in [5.41, 5.74) is 13.4. The van der Waals surface area contributed by atoms with Crippen LogP contribution < -0.4 is 0 Å². The molecular formula is C50H30N4S2. The molecule has 56 heavy (non-hydrogen) atoms. The lowest BCUT2D eigenvalue weighted by atomic mass is 9.97. The second-order valence-electron chi connectivity index (χ2n) is 14.3. The van der Waals surface area contributed by atoms with E-state index in [-0.39, 0.29) is 0 Å². The van der Waals surface area contributed by atoms with Crippen LogP contribution in [0.4, 0.5) is 0 Å². The number of hydrogen-bond donors (Lipinski definition) is 0. The third-order valence-corrected chi connectivity index (χ3v) is 13.0. The van der Waals surface area contributed by atoms with Gasteiger partial charge in [0.25, 0.3) is 0 Å². The number of imidazole rings is 2. The molecule has 4 nitrogen and oxygen atoms in total. The Kier molecular flexibility index (Phi) is 6.93. The summed E-state index contributed by atoms with van der Waals surface area (Å²) in [4.78, 5) is 12.5. The molecule has 0 aliphatic carbocycles. The van der Waals surface area contributed by atoms with Crippen LogP contribution in [0.3, 0.4) is 0 Å². The average Bonchev–Trinajstić information content (AvgIpc) is 4.02. The van der Waals surface area contributed by atoms with Gasteiger partial charge < -0.3 is 0 Å². The Bertz CT molecular complexity index is 3240. The summed E-state index contributed by atoms with van der Waals surface area (Å²) in [6.07, 6.45) is 0. The molecule has 0 radical (unpaired) electrons. The summed E-state index contributed by atoms with van der Waals surface area (Å²) < 4.78 is 7.13. The van der Waals surface area contributed by atoms with Crippen LogP contribution in [-0.2, 0) is 0 Å². The van der Waals surface area contributed by atoms with Crippen LogP contribution in [-0.4, -0.2) is 18.8 Å². The van der Waals surface area contributed by atoms with E-state index in [1.54, 1.807) is 22.7 Å². The van der Waals surface area contributed by atoms with E-state index < -0.39 is 0 Å². The molecule has 0 aliphatic heterocycles. The van der Waals surface area contributed by atoms with Gasteiger partial charge in [-0.25, -0.2) is 9.97 Å². The lowest BCUT2D eigenvalue weighted by Gasteiger charge is -2.10. The minimum absolute atomic E-state index is 1.000. The van der Waals surface area contributed by atoms with Crippen LogP contribution in [0.2, 0.25) is 0 Å². The zero-order chi connectivity index (χ0) is 36.7. The van der Waals surface area contributed by atoms with E-state index in [9.17, 15) is 0 Å². The number of aromatic nitrogens is 4. The molecule has 0 saturated carbocycles. The van der Waals surface area contributed by atoms with Gasteiger partial charge in [-0.05, 0) is 69.1 Å². The van der Waals surface area contributed by atoms with Crippen LogP contribution in [0, 0.1) is 0 Å². The van der Waals surface area contributed by atoms with Crippen molar-refractivity contribution < 1.29 is 0 Å². The van der Waals surface area contributed by atoms with E-state index in [0.717, 1.165) is 66.1 Å². The number of para-hydroxylation sites is 2. The molecule has 0 spiro atoms. The van der Waals surface area contributed by atoms with Crippen molar-refractivity contribution in [2.24, 2.45) is 0 Å². The van der Waals surface area contributed by atoms with Crippen molar-refractivity contribution in [1.82, 2.24) is 18.8 Å². The lowest BCUT2D eigenvalue weighted by molar-refractivity contribution is 1.29. The van der Waals surface area contributed by atoms with E-state index in [0.29, 0.717) is 0 Å². The van der Waals surface area contributed by atoms with Gasteiger partial charge in [0.15, 0.2) is 9.92 Å². The first-order valence-electron chi connectivity index (χ1n) is 18.7. The van der Waals surface area contributed by atoms with Gasteiger partial charge in [-0.15, -0.1) is 0 Å². The maximum absolute atomic E-state index is 5.27. The Hall–Kier alpha value is -6.86. The molecule has 0 amide bonds. The van der Waals surface area contributed by atoms with E-state index in [4.69, 9.17) is 9.97 Å². The Morgan fingerprint density at radius 1 is 0.321 bits per heavy atom. The third kappa shape index (κ3) is 4.90. The summed E-state index contributed by atoms with van der Waals surface area (Å²) in [7, 11) is 0. The van der Waals surface area contributed by atoms with Crippen molar-refractivity contribution in [1.29, 1.82) is 0 Å². The van der Waals surface area contributed by atoms with Crippen molar-refractivity contribution in [3.63, 3.8) is 0 Å². The van der Waals surface area contributed by atoms with Gasteiger partial charge in [0.1, 0.15) is 0 Å². The van der Waals surface area contributed by atoms with Crippen LogP contribution in [0.1, 0.15) is 0 Å². The van der Waals surface area contributed by atoms with E-state index in [1.165, 1.54) is 42.0 Å². The van der Waals surface area contributed by atoms with Crippen LogP contribution in [0.15, 0.2) is 182 Å². The maximum Gasteiger partial charge on any atom is 0.195 e. The number of hydrogen-bond acceptors (Lipinski definition) is 4. The molecule has 12 rings (SSSR count). The van der Waals surface area contributed by atoms with E-state index in [1.807, 2.05) is 0 Å². The topological polar surface area (TPSA) is 34.6 Å². The molecular weight excluding hydrogens is 721 g/mol. The Labute approximate surface area is 329 Å². The fourth-order valence-electron chi connectivity index (χ4n) is 8.29. The van der Waals surface area contributed by atoms with Gasteiger partial charge in [0.2, 0.25) is 0 Å². The van der Waals surface area contributed by atoms with Gasteiger partial charge in [0.05, 0.1) is 43.2 Å². The van der Waals surface area contributed by atoms with Crippen molar-refractivity contribution >= 4 is 74.6 Å². The highest BCUT2D eigenvalue weighted by Crippen LogP contribution is 2.42. The summed E-state index contributed by atoms with van der Waals surface area (Å²) in [6.45, 7) is 0. The molecule has 6 heteroatoms. The molecule has 0 bridgehead atoms. The predicted molar refractivity (Wildman–Crippen MR) is 237 cm³/mol. The first-order chi connectivity index (χ1) is 27.7. The van der Waals surface area contributed by atoms with Gasteiger partial charge >= 0.3 is 0 Å². The van der Waals surface area contributed by atoms with Crippen LogP contribution >= 0.6 is 22.7 Å². The molecule has 8 aromatic carbocycles. The Balaban J connectivity index is 0.960. The molecule has 4 heterocycles. The van der Waals surface area contributed by atoms with Crippen molar-refractivity contribution in [3.05, 3.63) is 182 Å². The number of nitrogens with zero attached hydrogens (tertiary/aromatic N) is 4. The number of fused-ring (bicyclic) bond motifs is 8. The van der Waals surface area contributed by atoms with Gasteiger partial charge in [-0.1, -0.05) is 168 Å². The number of rotatable bonds is 5. The highest BCUT2D eigenvalue weighted by Gasteiger charge is 2.22. The van der Waals surface area contributed by atoms with Gasteiger partial charge in [-0.3, -0.25) is 8.80 Å². The van der Waals surface area contributed by atoms with Crippen molar-refractivity contribution in [3.8, 4) is 56.2 Å². The highest BCUT2D eigenvalue weighted by molar-refractivity contribution is 7.24. The molecule has 0 fully saturated rings. The smallest absolute Gasteiger partial charge is 0.195 e. The quantitative estimate of drug-likeness (QED) is 0.176. The monoisotopic (exact) mass is 750 g/mol. The lowest BCUT2D eigenvalue weighted by Crippen LogP contribution is -1.91. The first-order valence-corrected chi connectivity index (χ1v) is 20.4. The molecule has 262 valence electrons. The maximum atomic E-state index is 5.27. The normalized spacial score (nSPS) is 11.9. The second-order valence-corrected chi connectivity index (χ2v) is 16.3. The van der Waals surface area contributed by atoms with Crippen molar-refractivity contribution in [2.45, 2.75) is 0 Å². The van der Waals surface area contributed by atoms with Crippen molar-refractivity contribution in [2.75, 3.05) is 0 Å². The molecule has 0 saturated heterocycles. The fraction of sp³-hybridized carbons (Fsp3) is 0. The minimum Gasteiger partial charge on any atom is -0.282 e. The summed E-state index contributed by atoms with van der Waals surface area (Å²) in [5, 5.41) is 4.88. The highest BCUT2D eigenvalue weighted by atomic mass is 32.1. The first kappa shape index (κ1) is 31.5. The zero-order valence-electron chi connectivity index (χ0n) is 29.9. The summed E-state index contributed by atoms with van der Waals surface area (Å²) in [5.74, 6) is 0. The molecule has 4 aromatic heterocycles. The second kappa shape index (κ2) is 12.3. The Morgan fingerprint density at radius 2 is 0.679 bits per heavy atom. The summed E-state index contributed by atoms with van der Waals surface area (Å²) >= 11 is 3.48. The number of benzene rings is 8. The molecule has 12 aromatic rings. The predicted octanol–water partition coefficient (Wildman–Crippen LogP) is 14.1. The van der Waals surface area contributed by atoms with Crippen LogP contribution in [0.25, 0.3) is 108 Å². The SMILES string of the molecule is c1ccc2cc(-c3nc4sc5ccccc5n4c3-c3ccc(-c4ccc(-c5c(-c6ccc7ccccc7c6)nc6sc7ccccc7n56)cc4)cc3)ccc2c1. The molecule has 0 unspecified atom stereocenters. The Morgan fingerprint density at radius 3 is 1.12 bits per heavy atom. The van der Waals surface area contributed by atoms with Gasteiger partial charge in [-0.2, -0.15) is 0 Å². The number of thiazole rings is 2. The average molecular weight is 751 g/mol. The molecule has 0 atom stereocenters. The minimum atomic E-state index is 1.000. The van der Waals surface area contributed by atoms with E-state index >= 15 is 0 Å². The molecule has 0 N–H and O–H groups in total. The van der Waals surface area contributed by atoms with E-state index in [2.05, 4.69) is 191 Å². The van der Waals surface area contributed by atoms with Crippen LogP contribution in [0.5, 0.6) is 0 Å². The standard InChI is InChI=1S/C50H30N4S2/c1-3-11-37-29-39(27-21-31(37)9-1)45-47(53-41-13-5-7-15-43(41)55-49(53)51-45)35-23-17-33(18-24-35)34-19-25-36(26-20-34)48-46(40-28-22-32-10-2-4-12-38(32)30-40)52-50-54(48)42-14-6-8-16-44(42)56-50/h1-30H. The largest absolute Gasteiger partial charge is 0.282 e. The fourth-order valence-corrected chi connectivity index (χ4v) is 10.3.